The summed E-state index contributed by atoms with van der Waals surface area (Å²) in [6.07, 6.45) is 8.26. The molecule has 33 heavy (non-hydrogen) atoms. The number of nitrogens with zero attached hydrogens (tertiary/aromatic N) is 1. The second-order valence-electron chi connectivity index (χ2n) is 11.3. The number of carbonyl (C=O) groups excluding carboxylic acids is 1. The lowest BCUT2D eigenvalue weighted by molar-refractivity contribution is -0.143. The van der Waals surface area contributed by atoms with Crippen molar-refractivity contribution >= 4 is 25.4 Å². The van der Waals surface area contributed by atoms with Gasteiger partial charge in [-0.15, -0.1) is 0 Å². The monoisotopic (exact) mass is 497 g/mol. The van der Waals surface area contributed by atoms with Gasteiger partial charge in [-0.25, -0.2) is 0 Å². The van der Waals surface area contributed by atoms with Crippen LogP contribution in [0.15, 0.2) is 36.5 Å². The van der Waals surface area contributed by atoms with E-state index in [1.54, 1.807) is 6.08 Å². The van der Waals surface area contributed by atoms with Crippen LogP contribution in [-0.4, -0.2) is 66.3 Å². The summed E-state index contributed by atoms with van der Waals surface area (Å²) in [5.41, 5.74) is 0.597. The molecule has 8 heteroatoms. The molecule has 1 aliphatic heterocycles. The van der Waals surface area contributed by atoms with Crippen molar-refractivity contribution < 1.29 is 23.6 Å². The molecule has 0 aromatic rings. The second-order valence-corrected chi connectivity index (χ2v) is 19.1. The van der Waals surface area contributed by atoms with Gasteiger partial charge in [-0.1, -0.05) is 61.8 Å². The molecule has 0 N–H and O–H groups in total. The predicted octanol–water partition coefficient (Wildman–Crippen LogP) is 4.70. The summed E-state index contributed by atoms with van der Waals surface area (Å²) in [6, 6.07) is 1.07. The molecule has 188 valence electrons. The van der Waals surface area contributed by atoms with Crippen LogP contribution >= 0.6 is 0 Å². The van der Waals surface area contributed by atoms with E-state index in [1.165, 1.54) is 0 Å². The number of hydrogen-bond donors (Lipinski definition) is 0. The number of esters is 1. The maximum atomic E-state index is 13.6. The van der Waals surface area contributed by atoms with Gasteiger partial charge in [0.1, 0.15) is 23.6 Å². The van der Waals surface area contributed by atoms with Crippen LogP contribution in [0.2, 0.25) is 25.7 Å². The largest absolute Gasteiger partial charge is 0.597 e. The molecule has 0 radical (unpaired) electrons. The Kier molecular flexibility index (Phi) is 10.0. The minimum atomic E-state index is -1.27. The van der Waals surface area contributed by atoms with Crippen LogP contribution in [0, 0.1) is 11.8 Å². The van der Waals surface area contributed by atoms with E-state index in [0.717, 1.165) is 11.6 Å². The summed E-state index contributed by atoms with van der Waals surface area (Å²) in [4.78, 5) is 12.1. The Balaban J connectivity index is 2.19. The highest BCUT2D eigenvalue weighted by molar-refractivity contribution is 7.90. The zero-order valence-electron chi connectivity index (χ0n) is 21.5. The molecule has 3 unspecified atom stereocenters. The number of carbonyl (C=O) groups is 1. The summed E-state index contributed by atoms with van der Waals surface area (Å²) in [7, 11) is -1.21. The molecular weight excluding hydrogens is 454 g/mol. The molecule has 0 aromatic heterocycles. The highest BCUT2D eigenvalue weighted by atomic mass is 32.2. The van der Waals surface area contributed by atoms with Gasteiger partial charge in [0, 0.05) is 26.0 Å². The highest BCUT2D eigenvalue weighted by Gasteiger charge is 2.55. The van der Waals surface area contributed by atoms with Gasteiger partial charge in [0.2, 0.25) is 0 Å². The molecule has 1 saturated heterocycles. The molecule has 1 aliphatic carbocycles. The standard InChI is InChI=1S/C25H43NO5SSi/c1-9-12-31-23(27)16-21-10-11-22(15-20(21)2)25(17-30-18-25)26(32(28)24(3,4)5)19-29-13-14-33(6,7)8/h9-11,15,20-21H,1,12-14,16-19H2,2-8H3. The van der Waals surface area contributed by atoms with E-state index in [4.69, 9.17) is 14.2 Å². The van der Waals surface area contributed by atoms with E-state index in [2.05, 4.69) is 51.4 Å². The van der Waals surface area contributed by atoms with Crippen LogP contribution in [-0.2, 0) is 30.4 Å². The average molecular weight is 498 g/mol. The summed E-state index contributed by atoms with van der Waals surface area (Å²) in [6.45, 7) is 20.8. The number of ether oxygens (including phenoxy) is 3. The van der Waals surface area contributed by atoms with E-state index in [0.29, 0.717) is 33.0 Å². The molecule has 0 amide bonds. The third-order valence-corrected chi connectivity index (χ3v) is 9.64. The number of hydrogen-bond acceptors (Lipinski definition) is 6. The fourth-order valence-electron chi connectivity index (χ4n) is 3.77. The first kappa shape index (κ1) is 28.3. The lowest BCUT2D eigenvalue weighted by Crippen LogP contribution is -2.67. The van der Waals surface area contributed by atoms with E-state index < -0.39 is 29.7 Å². The zero-order chi connectivity index (χ0) is 24.9. The van der Waals surface area contributed by atoms with Crippen molar-refractivity contribution in [3.63, 3.8) is 0 Å². The fourth-order valence-corrected chi connectivity index (χ4v) is 5.89. The Morgan fingerprint density at radius 3 is 2.55 bits per heavy atom. The molecule has 0 aromatic carbocycles. The van der Waals surface area contributed by atoms with Gasteiger partial charge in [0.05, 0.1) is 19.6 Å². The Morgan fingerprint density at radius 1 is 1.39 bits per heavy atom. The van der Waals surface area contributed by atoms with Gasteiger partial charge < -0.3 is 18.8 Å². The molecule has 3 atom stereocenters. The van der Waals surface area contributed by atoms with Crippen molar-refractivity contribution in [2.45, 2.75) is 70.1 Å². The number of rotatable bonds is 12. The third-order valence-electron chi connectivity index (χ3n) is 6.03. The van der Waals surface area contributed by atoms with Crippen molar-refractivity contribution in [2.24, 2.45) is 11.8 Å². The van der Waals surface area contributed by atoms with Crippen LogP contribution in [0.25, 0.3) is 0 Å². The SMILES string of the molecule is C=CCOC(=O)CC1C=CC(C2(N(COCC[Si](C)(C)C)[S+]([O-])C(C)(C)C)COC2)=CC1C. The molecule has 2 rings (SSSR count). The summed E-state index contributed by atoms with van der Waals surface area (Å²) in [5, 5.41) is 0. The Hall–Kier alpha value is -0.903. The Bertz CT molecular complexity index is 736. The van der Waals surface area contributed by atoms with Crippen molar-refractivity contribution in [1.82, 2.24) is 4.31 Å². The third kappa shape index (κ3) is 7.80. The average Bonchev–Trinajstić information content (AvgIpc) is 2.67. The lowest BCUT2D eigenvalue weighted by atomic mass is 9.77. The van der Waals surface area contributed by atoms with Crippen molar-refractivity contribution in [1.29, 1.82) is 0 Å². The van der Waals surface area contributed by atoms with Gasteiger partial charge in [-0.3, -0.25) is 4.79 Å². The van der Waals surface area contributed by atoms with E-state index in [9.17, 15) is 9.35 Å². The molecule has 1 fully saturated rings. The second kappa shape index (κ2) is 11.7. The van der Waals surface area contributed by atoms with E-state index in [1.807, 2.05) is 25.1 Å². The van der Waals surface area contributed by atoms with Gasteiger partial charge in [-0.2, -0.15) is 0 Å². The quantitative estimate of drug-likeness (QED) is 0.0972. The Labute approximate surface area is 204 Å². The minimum absolute atomic E-state index is 0.0682. The summed E-state index contributed by atoms with van der Waals surface area (Å²) < 4.78 is 32.1. The molecular formula is C25H43NO5SSi. The van der Waals surface area contributed by atoms with Gasteiger partial charge >= 0.3 is 5.97 Å². The topological polar surface area (TPSA) is 71.1 Å². The molecule has 1 heterocycles. The molecule has 0 spiro atoms. The number of allylic oxidation sites excluding steroid dienone is 2. The van der Waals surface area contributed by atoms with Crippen LogP contribution in [0.3, 0.4) is 0 Å². The smallest absolute Gasteiger partial charge is 0.306 e. The minimum Gasteiger partial charge on any atom is -0.597 e. The van der Waals surface area contributed by atoms with Crippen LogP contribution in [0.4, 0.5) is 0 Å². The van der Waals surface area contributed by atoms with E-state index in [-0.39, 0.29) is 24.4 Å². The first-order valence-corrected chi connectivity index (χ1v) is 16.6. The summed E-state index contributed by atoms with van der Waals surface area (Å²) in [5.74, 6) is -0.00337. The van der Waals surface area contributed by atoms with Gasteiger partial charge in [0.25, 0.3) is 0 Å². The molecule has 0 bridgehead atoms. The summed E-state index contributed by atoms with van der Waals surface area (Å²) >= 11 is -1.27. The van der Waals surface area contributed by atoms with Crippen molar-refractivity contribution in [2.75, 3.05) is 33.2 Å². The van der Waals surface area contributed by atoms with Crippen LogP contribution in [0.5, 0.6) is 0 Å². The van der Waals surface area contributed by atoms with Crippen LogP contribution in [0.1, 0.15) is 34.1 Å². The first-order valence-electron chi connectivity index (χ1n) is 11.8. The molecule has 6 nitrogen and oxygen atoms in total. The predicted molar refractivity (Wildman–Crippen MR) is 138 cm³/mol. The maximum Gasteiger partial charge on any atom is 0.306 e. The van der Waals surface area contributed by atoms with Crippen molar-refractivity contribution in [3.8, 4) is 0 Å². The first-order chi connectivity index (χ1) is 15.3. The van der Waals surface area contributed by atoms with Crippen molar-refractivity contribution in [3.05, 3.63) is 36.5 Å². The fraction of sp³-hybridized carbons (Fsp3) is 0.720. The van der Waals surface area contributed by atoms with E-state index >= 15 is 0 Å². The zero-order valence-corrected chi connectivity index (χ0v) is 23.3. The highest BCUT2D eigenvalue weighted by Crippen LogP contribution is 2.41. The normalized spacial score (nSPS) is 23.6. The van der Waals surface area contributed by atoms with Crippen LogP contribution < -0.4 is 0 Å². The molecule has 2 aliphatic rings. The lowest BCUT2D eigenvalue weighted by Gasteiger charge is -2.51. The Morgan fingerprint density at radius 2 is 2.06 bits per heavy atom. The van der Waals surface area contributed by atoms with Gasteiger partial charge in [-0.05, 0) is 44.2 Å². The maximum absolute atomic E-state index is 13.6. The molecule has 0 saturated carbocycles. The van der Waals surface area contributed by atoms with Gasteiger partial charge in [0.15, 0.2) is 0 Å².